The lowest BCUT2D eigenvalue weighted by molar-refractivity contribution is -0.137. The maximum Gasteiger partial charge on any atom is 0.416 e. The summed E-state index contributed by atoms with van der Waals surface area (Å²) in [5.74, 6) is -0.667. The number of ketones is 1. The van der Waals surface area contributed by atoms with Crippen molar-refractivity contribution in [2.24, 2.45) is 0 Å². The summed E-state index contributed by atoms with van der Waals surface area (Å²) in [6, 6.07) is 11.0. The number of nitrogens with zero attached hydrogens (tertiary/aromatic N) is 3. The minimum absolute atomic E-state index is 0.209. The topological polar surface area (TPSA) is 78.0 Å². The van der Waals surface area contributed by atoms with Gasteiger partial charge in [0.15, 0.2) is 5.78 Å². The lowest BCUT2D eigenvalue weighted by Crippen LogP contribution is -2.52. The molecule has 1 fully saturated rings. The fourth-order valence-electron chi connectivity index (χ4n) is 3.60. The van der Waals surface area contributed by atoms with Crippen molar-refractivity contribution in [1.29, 1.82) is 0 Å². The van der Waals surface area contributed by atoms with Crippen LogP contribution < -0.4 is 9.21 Å². The van der Waals surface area contributed by atoms with Crippen LogP contribution in [0.5, 0.6) is 0 Å². The highest BCUT2D eigenvalue weighted by atomic mass is 32.2. The minimum Gasteiger partial charge on any atom is -0.368 e. The van der Waals surface area contributed by atoms with Crippen LogP contribution in [0.4, 0.5) is 24.5 Å². The van der Waals surface area contributed by atoms with Crippen molar-refractivity contribution in [1.82, 2.24) is 4.90 Å². The Balaban J connectivity index is 1.70. The molecule has 11 heteroatoms. The first-order valence-electron chi connectivity index (χ1n) is 10.1. The second kappa shape index (κ2) is 9.42. The van der Waals surface area contributed by atoms with Gasteiger partial charge in [0.1, 0.15) is 6.54 Å². The van der Waals surface area contributed by atoms with Crippen LogP contribution in [0.2, 0.25) is 0 Å². The molecule has 0 N–H and O–H groups in total. The molecule has 0 atom stereocenters. The Morgan fingerprint density at radius 1 is 1.00 bits per heavy atom. The molecule has 0 saturated carbocycles. The van der Waals surface area contributed by atoms with Gasteiger partial charge >= 0.3 is 6.18 Å². The molecule has 1 aliphatic rings. The Kier molecular flexibility index (Phi) is 7.01. The lowest BCUT2D eigenvalue weighted by Gasteiger charge is -2.37. The van der Waals surface area contributed by atoms with E-state index in [0.717, 1.165) is 22.7 Å². The third-order valence-electron chi connectivity index (χ3n) is 5.39. The average molecular weight is 484 g/mol. The molecule has 1 saturated heterocycles. The largest absolute Gasteiger partial charge is 0.416 e. The highest BCUT2D eigenvalue weighted by molar-refractivity contribution is 7.92. The molecule has 1 aliphatic heterocycles. The third kappa shape index (κ3) is 6.04. The van der Waals surface area contributed by atoms with Gasteiger partial charge in [0.2, 0.25) is 15.9 Å². The molecule has 1 heterocycles. The Morgan fingerprint density at radius 2 is 1.64 bits per heavy atom. The number of amides is 1. The molecule has 3 rings (SSSR count). The molecular formula is C22H24F3N3O4S. The standard InChI is InChI=1S/C22H24F3N3O4S/c1-16(29)17-5-3-8-20(13-17)28(33(2,31)32)15-21(30)27-11-9-26(10-12-27)19-7-4-6-18(14-19)22(23,24)25/h3-8,13-14H,9-12,15H2,1-2H3. The van der Waals surface area contributed by atoms with Gasteiger partial charge in [0.05, 0.1) is 17.5 Å². The van der Waals surface area contributed by atoms with Crippen LogP contribution in [-0.2, 0) is 21.0 Å². The zero-order chi connectivity index (χ0) is 24.4. The van der Waals surface area contributed by atoms with Crippen molar-refractivity contribution in [2.75, 3.05) is 48.2 Å². The molecule has 178 valence electrons. The number of alkyl halides is 3. The predicted molar refractivity (Wildman–Crippen MR) is 119 cm³/mol. The molecular weight excluding hydrogens is 459 g/mol. The number of anilines is 2. The maximum absolute atomic E-state index is 13.0. The van der Waals surface area contributed by atoms with Crippen molar-refractivity contribution >= 4 is 33.1 Å². The van der Waals surface area contributed by atoms with Crippen LogP contribution in [-0.4, -0.2) is 64.0 Å². The van der Waals surface area contributed by atoms with Crippen molar-refractivity contribution < 1.29 is 31.2 Å². The van der Waals surface area contributed by atoms with Gasteiger partial charge in [0.25, 0.3) is 0 Å². The van der Waals surface area contributed by atoms with Gasteiger partial charge in [-0.3, -0.25) is 13.9 Å². The van der Waals surface area contributed by atoms with Gasteiger partial charge in [-0.2, -0.15) is 13.2 Å². The van der Waals surface area contributed by atoms with E-state index >= 15 is 0 Å². The zero-order valence-corrected chi connectivity index (χ0v) is 19.0. The predicted octanol–water partition coefficient (Wildman–Crippen LogP) is 3.02. The molecule has 0 aliphatic carbocycles. The highest BCUT2D eigenvalue weighted by Gasteiger charge is 2.32. The molecule has 2 aromatic carbocycles. The number of hydrogen-bond donors (Lipinski definition) is 0. The molecule has 0 unspecified atom stereocenters. The molecule has 0 bridgehead atoms. The highest BCUT2D eigenvalue weighted by Crippen LogP contribution is 2.32. The van der Waals surface area contributed by atoms with E-state index in [1.165, 1.54) is 30.0 Å². The number of carbonyl (C=O) groups is 2. The number of carbonyl (C=O) groups excluding carboxylic acids is 2. The SMILES string of the molecule is CC(=O)c1cccc(N(CC(=O)N2CCN(c3cccc(C(F)(F)F)c3)CC2)S(C)(=O)=O)c1. The molecule has 2 aromatic rings. The maximum atomic E-state index is 13.0. The second-order valence-corrected chi connectivity index (χ2v) is 9.70. The second-order valence-electron chi connectivity index (χ2n) is 7.79. The fourth-order valence-corrected chi connectivity index (χ4v) is 4.44. The van der Waals surface area contributed by atoms with Gasteiger partial charge in [-0.05, 0) is 37.3 Å². The number of rotatable bonds is 6. The quantitative estimate of drug-likeness (QED) is 0.591. The molecule has 33 heavy (non-hydrogen) atoms. The van der Waals surface area contributed by atoms with Gasteiger partial charge in [-0.1, -0.05) is 18.2 Å². The van der Waals surface area contributed by atoms with Crippen molar-refractivity contribution in [3.8, 4) is 0 Å². The van der Waals surface area contributed by atoms with E-state index in [4.69, 9.17) is 0 Å². The van der Waals surface area contributed by atoms with Crippen molar-refractivity contribution in [3.63, 3.8) is 0 Å². The van der Waals surface area contributed by atoms with Gasteiger partial charge < -0.3 is 9.80 Å². The fraction of sp³-hybridized carbons (Fsp3) is 0.364. The number of piperazine rings is 1. The normalized spacial score (nSPS) is 14.8. The summed E-state index contributed by atoms with van der Waals surface area (Å²) in [5.41, 5.74) is 0.204. The van der Waals surface area contributed by atoms with E-state index in [1.807, 2.05) is 0 Å². The third-order valence-corrected chi connectivity index (χ3v) is 6.53. The number of halogens is 3. The monoisotopic (exact) mass is 483 g/mol. The van der Waals surface area contributed by atoms with Crippen molar-refractivity contribution in [2.45, 2.75) is 13.1 Å². The van der Waals surface area contributed by atoms with Crippen LogP contribution in [0.1, 0.15) is 22.8 Å². The first-order chi connectivity index (χ1) is 15.4. The van der Waals surface area contributed by atoms with E-state index in [0.29, 0.717) is 24.3 Å². The Bertz CT molecular complexity index is 1140. The lowest BCUT2D eigenvalue weighted by atomic mass is 10.1. The van der Waals surface area contributed by atoms with Crippen LogP contribution in [0, 0.1) is 0 Å². The van der Waals surface area contributed by atoms with Crippen LogP contribution in [0.3, 0.4) is 0 Å². The molecule has 0 radical (unpaired) electrons. The van der Waals surface area contributed by atoms with E-state index in [9.17, 15) is 31.2 Å². The Hall–Kier alpha value is -3.08. The minimum atomic E-state index is -4.44. The smallest absolute Gasteiger partial charge is 0.368 e. The van der Waals surface area contributed by atoms with Crippen LogP contribution in [0.15, 0.2) is 48.5 Å². The zero-order valence-electron chi connectivity index (χ0n) is 18.2. The van der Waals surface area contributed by atoms with Crippen LogP contribution >= 0.6 is 0 Å². The molecule has 0 spiro atoms. The summed E-state index contributed by atoms with van der Waals surface area (Å²) in [6.07, 6.45) is -3.46. The Morgan fingerprint density at radius 3 is 2.21 bits per heavy atom. The summed E-state index contributed by atoms with van der Waals surface area (Å²) >= 11 is 0. The molecule has 7 nitrogen and oxygen atoms in total. The van der Waals surface area contributed by atoms with Gasteiger partial charge in [-0.25, -0.2) is 8.42 Å². The van der Waals surface area contributed by atoms with Gasteiger partial charge in [0, 0.05) is 37.4 Å². The van der Waals surface area contributed by atoms with Gasteiger partial charge in [-0.15, -0.1) is 0 Å². The average Bonchev–Trinajstić information content (AvgIpc) is 2.76. The van der Waals surface area contributed by atoms with E-state index in [-0.39, 0.29) is 24.6 Å². The summed E-state index contributed by atoms with van der Waals surface area (Å²) in [4.78, 5) is 27.8. The Labute approximate surface area is 190 Å². The number of Topliss-reactive ketones (excluding diaryl/α,β-unsaturated/α-hetero) is 1. The molecule has 0 aromatic heterocycles. The summed E-state index contributed by atoms with van der Waals surface area (Å²) < 4.78 is 64.6. The van der Waals surface area contributed by atoms with E-state index in [2.05, 4.69) is 0 Å². The summed E-state index contributed by atoms with van der Waals surface area (Å²) in [5, 5.41) is 0. The van der Waals surface area contributed by atoms with E-state index < -0.39 is 34.2 Å². The van der Waals surface area contributed by atoms with E-state index in [1.54, 1.807) is 23.1 Å². The first-order valence-corrected chi connectivity index (χ1v) is 12.0. The van der Waals surface area contributed by atoms with Crippen LogP contribution in [0.25, 0.3) is 0 Å². The summed E-state index contributed by atoms with van der Waals surface area (Å²) in [6.45, 7) is 2.01. The summed E-state index contributed by atoms with van der Waals surface area (Å²) in [7, 11) is -3.81. The first kappa shape index (κ1) is 24.6. The molecule has 1 amide bonds. The number of benzene rings is 2. The number of sulfonamides is 1. The number of hydrogen-bond acceptors (Lipinski definition) is 5. The van der Waals surface area contributed by atoms with Crippen molar-refractivity contribution in [3.05, 3.63) is 59.7 Å².